The van der Waals surface area contributed by atoms with Gasteiger partial charge in [-0.25, -0.2) is 19.9 Å². The van der Waals surface area contributed by atoms with Crippen LogP contribution in [0.5, 0.6) is 0 Å². The Morgan fingerprint density at radius 1 is 0.692 bits per heavy atom. The van der Waals surface area contributed by atoms with Crippen molar-refractivity contribution in [3.8, 4) is 0 Å². The molecule has 0 aliphatic carbocycles. The Labute approximate surface area is 294 Å². The predicted octanol–water partition coefficient (Wildman–Crippen LogP) is 0.350. The van der Waals surface area contributed by atoms with E-state index < -0.39 is 35.8 Å². The van der Waals surface area contributed by atoms with E-state index in [1.165, 1.54) is 43.0 Å². The van der Waals surface area contributed by atoms with Crippen LogP contribution in [0.1, 0.15) is 66.9 Å². The Kier molecular flexibility index (Phi) is 9.50. The minimum Gasteiger partial charge on any atom is -0.388 e. The van der Waals surface area contributed by atoms with Gasteiger partial charge in [-0.1, -0.05) is 0 Å². The van der Waals surface area contributed by atoms with Crippen LogP contribution in [0.15, 0.2) is 36.7 Å². The third kappa shape index (κ3) is 6.79. The van der Waals surface area contributed by atoms with Crippen LogP contribution in [-0.4, -0.2) is 94.7 Å². The van der Waals surface area contributed by atoms with Crippen molar-refractivity contribution in [3.63, 3.8) is 0 Å². The number of nitrogens with two attached hydrogens (primary N) is 2. The maximum absolute atomic E-state index is 13.4. The van der Waals surface area contributed by atoms with Crippen LogP contribution >= 0.6 is 0 Å². The lowest BCUT2D eigenvalue weighted by Crippen LogP contribution is -2.35. The minimum atomic E-state index is -1.54. The van der Waals surface area contributed by atoms with Gasteiger partial charge in [-0.15, -0.1) is 0 Å². The SMILES string of the molecule is CCn1nc(C)cc1C(=O)Nc1nc2cc(C(N)=O)cnc2n1C[C@H](O)[C@@H](O)Cn1c(NC(=O)c2cc(C)nn2CC)nc2cc(C(N)=O)cnc21. The number of amides is 4. The highest BCUT2D eigenvalue weighted by Crippen LogP contribution is 2.24. The summed E-state index contributed by atoms with van der Waals surface area (Å²) in [6.45, 7) is 7.33. The van der Waals surface area contributed by atoms with E-state index >= 15 is 0 Å². The fraction of sp³-hybridized carbons (Fsp3) is 0.312. The van der Waals surface area contributed by atoms with Gasteiger partial charge in [0.05, 0.1) is 47.8 Å². The summed E-state index contributed by atoms with van der Waals surface area (Å²) in [4.78, 5) is 68.0. The molecule has 0 aromatic carbocycles. The Balaban J connectivity index is 1.33. The van der Waals surface area contributed by atoms with Gasteiger partial charge in [0, 0.05) is 25.5 Å². The quantitative estimate of drug-likeness (QED) is 0.0946. The number of carbonyl (C=O) groups excluding carboxylic acids is 4. The average molecular weight is 713 g/mol. The molecular formula is C32H36N14O6. The molecule has 6 heterocycles. The molecular weight excluding hydrogens is 676 g/mol. The predicted molar refractivity (Wildman–Crippen MR) is 185 cm³/mol. The molecule has 4 amide bonds. The number of primary amides is 2. The standard InChI is InChI=1S/C32H36N14O6/c1-5-45-21(7-15(3)41-45)29(51)39-31-37-19-9-17(25(33)49)11-35-27(19)43(31)13-23(47)24(48)14-44-28-20(10-18(12-36-28)26(34)50)38-32(44)40-30(52)22-8-16(4)42-46(22)6-2/h7-12,23-24,47-48H,5-6,13-14H2,1-4H3,(H2,33,49)(H2,34,50)(H,37,39,51)(H,38,40,52)/t23-,24-/m0/s1. The molecule has 8 N–H and O–H groups in total. The van der Waals surface area contributed by atoms with Crippen molar-refractivity contribution in [2.24, 2.45) is 11.5 Å². The van der Waals surface area contributed by atoms with E-state index in [1.54, 1.807) is 26.0 Å². The van der Waals surface area contributed by atoms with Crippen molar-refractivity contribution in [2.75, 3.05) is 10.6 Å². The van der Waals surface area contributed by atoms with Gasteiger partial charge in [-0.3, -0.25) is 48.3 Å². The second-order valence-electron chi connectivity index (χ2n) is 12.0. The zero-order valence-electron chi connectivity index (χ0n) is 28.6. The molecule has 6 rings (SSSR count). The number of aliphatic hydroxyl groups is 2. The van der Waals surface area contributed by atoms with Crippen LogP contribution in [0.4, 0.5) is 11.9 Å². The molecule has 2 atom stereocenters. The number of imidazole rings is 2. The number of anilines is 2. The molecule has 0 unspecified atom stereocenters. The maximum Gasteiger partial charge on any atom is 0.276 e. The zero-order chi connectivity index (χ0) is 37.4. The van der Waals surface area contributed by atoms with Crippen LogP contribution in [0, 0.1) is 13.8 Å². The van der Waals surface area contributed by atoms with Crippen LogP contribution in [0.2, 0.25) is 0 Å². The molecule has 20 heteroatoms. The molecule has 20 nitrogen and oxygen atoms in total. The van der Waals surface area contributed by atoms with Gasteiger partial charge >= 0.3 is 0 Å². The molecule has 0 bridgehead atoms. The van der Waals surface area contributed by atoms with Crippen molar-refractivity contribution in [2.45, 2.75) is 66.1 Å². The molecule has 0 fully saturated rings. The molecule has 0 aliphatic rings. The van der Waals surface area contributed by atoms with Crippen molar-refractivity contribution in [1.82, 2.24) is 48.6 Å². The number of aromatic nitrogens is 10. The summed E-state index contributed by atoms with van der Waals surface area (Å²) in [6.07, 6.45) is -0.609. The highest BCUT2D eigenvalue weighted by Gasteiger charge is 2.27. The second-order valence-corrected chi connectivity index (χ2v) is 12.0. The average Bonchev–Trinajstić information content (AvgIpc) is 3.86. The van der Waals surface area contributed by atoms with E-state index in [-0.39, 0.29) is 69.8 Å². The molecule has 0 aliphatic heterocycles. The lowest BCUT2D eigenvalue weighted by atomic mass is 10.2. The monoisotopic (exact) mass is 712 g/mol. The largest absolute Gasteiger partial charge is 0.388 e. The summed E-state index contributed by atoms with van der Waals surface area (Å²) in [5.41, 5.74) is 13.5. The number of aryl methyl sites for hydroxylation is 4. The highest BCUT2D eigenvalue weighted by atomic mass is 16.3. The Morgan fingerprint density at radius 3 is 1.42 bits per heavy atom. The van der Waals surface area contributed by atoms with Crippen molar-refractivity contribution < 1.29 is 29.4 Å². The number of pyridine rings is 2. The number of rotatable bonds is 13. The lowest BCUT2D eigenvalue weighted by Gasteiger charge is -2.21. The summed E-state index contributed by atoms with van der Waals surface area (Å²) in [5.74, 6) is -2.65. The third-order valence-electron chi connectivity index (χ3n) is 8.24. The highest BCUT2D eigenvalue weighted by molar-refractivity contribution is 6.04. The zero-order valence-corrected chi connectivity index (χ0v) is 28.6. The van der Waals surface area contributed by atoms with Crippen LogP contribution in [-0.2, 0) is 26.2 Å². The van der Waals surface area contributed by atoms with E-state index in [1.807, 2.05) is 13.8 Å². The minimum absolute atomic E-state index is 0.0358. The number of nitrogens with zero attached hydrogens (tertiary/aromatic N) is 10. The smallest absolute Gasteiger partial charge is 0.276 e. The van der Waals surface area contributed by atoms with Gasteiger partial charge in [-0.05, 0) is 52.0 Å². The van der Waals surface area contributed by atoms with E-state index in [9.17, 15) is 29.4 Å². The number of aliphatic hydroxyl groups excluding tert-OH is 2. The third-order valence-corrected chi connectivity index (χ3v) is 8.24. The summed E-state index contributed by atoms with van der Waals surface area (Å²) in [5, 5.41) is 36.9. The number of fused-ring (bicyclic) bond motifs is 2. The molecule has 6 aromatic heterocycles. The summed E-state index contributed by atoms with van der Waals surface area (Å²) < 4.78 is 5.80. The number of nitrogens with one attached hydrogen (secondary N) is 2. The number of carbonyl (C=O) groups is 4. The van der Waals surface area contributed by atoms with Crippen LogP contribution in [0.3, 0.4) is 0 Å². The molecule has 0 spiro atoms. The van der Waals surface area contributed by atoms with Gasteiger partial charge in [0.25, 0.3) is 11.8 Å². The van der Waals surface area contributed by atoms with Crippen molar-refractivity contribution in [3.05, 3.63) is 70.6 Å². The van der Waals surface area contributed by atoms with Gasteiger partial charge in [0.2, 0.25) is 23.7 Å². The topological polar surface area (TPSA) is 282 Å². The summed E-state index contributed by atoms with van der Waals surface area (Å²) >= 11 is 0. The number of hydrogen-bond acceptors (Lipinski definition) is 12. The first-order valence-electron chi connectivity index (χ1n) is 16.2. The van der Waals surface area contributed by atoms with Crippen LogP contribution in [0.25, 0.3) is 22.3 Å². The summed E-state index contributed by atoms with van der Waals surface area (Å²) in [7, 11) is 0. The Hall–Kier alpha value is -6.54. The molecule has 270 valence electrons. The fourth-order valence-electron chi connectivity index (χ4n) is 5.72. The number of hydrogen-bond donors (Lipinski definition) is 6. The second kappa shape index (κ2) is 14.0. The van der Waals surface area contributed by atoms with Gasteiger partial charge in [0.15, 0.2) is 11.3 Å². The van der Waals surface area contributed by atoms with Gasteiger partial charge in [-0.2, -0.15) is 10.2 Å². The van der Waals surface area contributed by atoms with E-state index in [2.05, 4.69) is 40.8 Å². The normalized spacial score (nSPS) is 12.7. The first-order valence-corrected chi connectivity index (χ1v) is 16.2. The van der Waals surface area contributed by atoms with E-state index in [0.717, 1.165) is 0 Å². The molecule has 0 radical (unpaired) electrons. The Bertz CT molecular complexity index is 2210. The van der Waals surface area contributed by atoms with Crippen LogP contribution < -0.4 is 22.1 Å². The molecule has 6 aromatic rings. The fourth-order valence-corrected chi connectivity index (χ4v) is 5.72. The molecule has 0 saturated heterocycles. The summed E-state index contributed by atoms with van der Waals surface area (Å²) in [6, 6.07) is 6.00. The van der Waals surface area contributed by atoms with Gasteiger partial charge in [0.1, 0.15) is 22.4 Å². The van der Waals surface area contributed by atoms with E-state index in [0.29, 0.717) is 24.5 Å². The van der Waals surface area contributed by atoms with Crippen molar-refractivity contribution in [1.29, 1.82) is 0 Å². The Morgan fingerprint density at radius 2 is 1.08 bits per heavy atom. The van der Waals surface area contributed by atoms with Crippen molar-refractivity contribution >= 4 is 57.9 Å². The molecule has 52 heavy (non-hydrogen) atoms. The van der Waals surface area contributed by atoms with E-state index in [4.69, 9.17) is 11.5 Å². The molecule has 0 saturated carbocycles. The van der Waals surface area contributed by atoms with Gasteiger partial charge < -0.3 is 21.7 Å². The first kappa shape index (κ1) is 35.3. The maximum atomic E-state index is 13.4. The lowest BCUT2D eigenvalue weighted by molar-refractivity contribution is 0.00160. The first-order chi connectivity index (χ1) is 24.8.